The monoisotopic (exact) mass is 539 g/mol. The van der Waals surface area contributed by atoms with E-state index in [4.69, 9.17) is 16.1 Å². The largest absolute Gasteiger partial charge is 0.350 e. The van der Waals surface area contributed by atoms with Crippen molar-refractivity contribution in [3.8, 4) is 0 Å². The number of amides is 2. The second-order valence-corrected chi connectivity index (χ2v) is 11.2. The summed E-state index contributed by atoms with van der Waals surface area (Å²) in [7, 11) is -3.27. The molecule has 0 spiro atoms. The maximum Gasteiger partial charge on any atom is 0.249 e. The Morgan fingerprint density at radius 2 is 2.11 bits per heavy atom. The molecular formula is C23H25ClF2N5O4P. The number of aromatic nitrogens is 3. The fraction of sp³-hybridized carbons (Fsp3) is 0.391. The summed E-state index contributed by atoms with van der Waals surface area (Å²) in [5.41, 5.74) is 0.832. The van der Waals surface area contributed by atoms with Crippen LogP contribution in [0.5, 0.6) is 0 Å². The van der Waals surface area contributed by atoms with Crippen molar-refractivity contribution in [2.24, 2.45) is 0 Å². The van der Waals surface area contributed by atoms with Gasteiger partial charge in [-0.05, 0) is 19.1 Å². The first kappa shape index (κ1) is 26.2. The highest BCUT2D eigenvalue weighted by Crippen LogP contribution is 2.42. The molecule has 2 amide bonds. The van der Waals surface area contributed by atoms with Crippen LogP contribution in [0.4, 0.5) is 8.78 Å². The van der Waals surface area contributed by atoms with E-state index in [-0.39, 0.29) is 48.7 Å². The Morgan fingerprint density at radius 1 is 1.33 bits per heavy atom. The summed E-state index contributed by atoms with van der Waals surface area (Å²) in [4.78, 5) is 31.2. The Hall–Kier alpha value is -2.88. The van der Waals surface area contributed by atoms with Gasteiger partial charge in [0.2, 0.25) is 19.2 Å². The number of benzene rings is 1. The molecule has 1 unspecified atom stereocenters. The minimum absolute atomic E-state index is 0.0792. The van der Waals surface area contributed by atoms with E-state index < -0.39 is 37.2 Å². The van der Waals surface area contributed by atoms with E-state index in [1.54, 1.807) is 19.1 Å². The molecule has 1 aromatic carbocycles. The fourth-order valence-electron chi connectivity index (χ4n) is 4.24. The second kappa shape index (κ2) is 10.6. The molecule has 3 atom stereocenters. The zero-order valence-corrected chi connectivity index (χ0v) is 21.3. The lowest BCUT2D eigenvalue weighted by Gasteiger charge is -2.24. The van der Waals surface area contributed by atoms with Crippen LogP contribution in [0.15, 0.2) is 36.7 Å². The predicted octanol–water partition coefficient (Wildman–Crippen LogP) is 3.05. The molecule has 0 radical (unpaired) electrons. The fourth-order valence-corrected chi connectivity index (χ4v) is 5.95. The maximum absolute atomic E-state index is 14.3. The van der Waals surface area contributed by atoms with Crippen molar-refractivity contribution < 1.29 is 27.5 Å². The van der Waals surface area contributed by atoms with Crippen molar-refractivity contribution >= 4 is 47.1 Å². The molecule has 9 nitrogen and oxygen atoms in total. The van der Waals surface area contributed by atoms with Crippen LogP contribution in [0.2, 0.25) is 5.02 Å². The Kier molecular flexibility index (Phi) is 7.73. The Balaban J connectivity index is 1.53. The number of hydrogen-bond acceptors (Lipinski definition) is 6. The van der Waals surface area contributed by atoms with E-state index in [2.05, 4.69) is 15.4 Å². The van der Waals surface area contributed by atoms with Gasteiger partial charge in [-0.15, -0.1) is 0 Å². The van der Waals surface area contributed by atoms with Gasteiger partial charge in [0.25, 0.3) is 0 Å². The van der Waals surface area contributed by atoms with Crippen molar-refractivity contribution in [2.75, 3.05) is 19.8 Å². The lowest BCUT2D eigenvalue weighted by molar-refractivity contribution is -0.139. The van der Waals surface area contributed by atoms with Gasteiger partial charge in [-0.3, -0.25) is 23.8 Å². The molecule has 1 fully saturated rings. The third-order valence-electron chi connectivity index (χ3n) is 5.94. The van der Waals surface area contributed by atoms with Crippen molar-refractivity contribution in [1.82, 2.24) is 25.0 Å². The number of halogens is 3. The molecule has 1 N–H and O–H groups in total. The van der Waals surface area contributed by atoms with Crippen molar-refractivity contribution in [3.05, 3.63) is 53.1 Å². The van der Waals surface area contributed by atoms with Crippen LogP contribution >= 0.6 is 19.0 Å². The topological polar surface area (TPSA) is 106 Å². The number of alkyl halides is 1. The zero-order chi connectivity index (χ0) is 26.0. The second-order valence-electron chi connectivity index (χ2n) is 8.46. The van der Waals surface area contributed by atoms with Crippen LogP contribution < -0.4 is 10.8 Å². The van der Waals surface area contributed by atoms with Gasteiger partial charge in [0.05, 0.1) is 29.9 Å². The van der Waals surface area contributed by atoms with Crippen LogP contribution in [-0.2, 0) is 31.8 Å². The molecule has 0 saturated carbocycles. The molecule has 13 heteroatoms. The first-order chi connectivity index (χ1) is 17.1. The van der Waals surface area contributed by atoms with Crippen LogP contribution in [-0.4, -0.2) is 63.5 Å². The van der Waals surface area contributed by atoms with Gasteiger partial charge in [-0.2, -0.15) is 5.10 Å². The molecule has 4 rings (SSSR count). The van der Waals surface area contributed by atoms with Gasteiger partial charge in [0.15, 0.2) is 5.44 Å². The predicted molar refractivity (Wildman–Crippen MR) is 131 cm³/mol. The molecule has 3 aromatic rings. The van der Waals surface area contributed by atoms with Gasteiger partial charge in [-0.25, -0.2) is 8.78 Å². The molecule has 192 valence electrons. The standard InChI is InChI=1S/C23H25ClF2N5O4P/c1-3-35-36(2,34)23-16-7-8-27-11-19(16)31(29-23)13-20(32)30-12-15(25)9-18(30)22(33)28-10-14-5-4-6-17(24)21(14)26/h4-8,11,15,18H,3,9-10,12-13H2,1-2H3,(H,28,33)/t15-,18+,36?/m1/s1. The summed E-state index contributed by atoms with van der Waals surface area (Å²) in [5, 5.41) is 7.38. The van der Waals surface area contributed by atoms with Gasteiger partial charge in [0.1, 0.15) is 24.6 Å². The van der Waals surface area contributed by atoms with E-state index in [1.807, 2.05) is 0 Å². The van der Waals surface area contributed by atoms with E-state index >= 15 is 0 Å². The number of pyridine rings is 1. The van der Waals surface area contributed by atoms with Crippen LogP contribution in [0.25, 0.3) is 10.9 Å². The van der Waals surface area contributed by atoms with Gasteiger partial charge >= 0.3 is 0 Å². The minimum atomic E-state index is -3.27. The van der Waals surface area contributed by atoms with Crippen LogP contribution in [0.3, 0.4) is 0 Å². The van der Waals surface area contributed by atoms with Crippen LogP contribution in [0, 0.1) is 5.82 Å². The molecule has 0 bridgehead atoms. The Bertz CT molecular complexity index is 1350. The number of carbonyl (C=O) groups excluding carboxylic acids is 2. The number of hydrogen-bond donors (Lipinski definition) is 1. The lowest BCUT2D eigenvalue weighted by Crippen LogP contribution is -2.47. The van der Waals surface area contributed by atoms with E-state index in [9.17, 15) is 22.9 Å². The normalized spacial score (nSPS) is 19.4. The van der Waals surface area contributed by atoms with Gasteiger partial charge < -0.3 is 14.7 Å². The highest BCUT2D eigenvalue weighted by Gasteiger charge is 2.40. The summed E-state index contributed by atoms with van der Waals surface area (Å²) in [5.74, 6) is -1.81. The number of nitrogens with zero attached hydrogens (tertiary/aromatic N) is 4. The highest BCUT2D eigenvalue weighted by molar-refractivity contribution is 7.66. The third-order valence-corrected chi connectivity index (χ3v) is 8.08. The zero-order valence-electron chi connectivity index (χ0n) is 19.7. The number of fused-ring (bicyclic) bond motifs is 1. The average Bonchev–Trinajstić information content (AvgIpc) is 3.41. The molecule has 1 aliphatic rings. The van der Waals surface area contributed by atoms with Crippen molar-refractivity contribution in [1.29, 1.82) is 0 Å². The van der Waals surface area contributed by atoms with E-state index in [0.717, 1.165) is 4.90 Å². The molecule has 2 aromatic heterocycles. The smallest absolute Gasteiger partial charge is 0.249 e. The molecule has 3 heterocycles. The third kappa shape index (κ3) is 5.28. The Morgan fingerprint density at radius 3 is 2.86 bits per heavy atom. The summed E-state index contributed by atoms with van der Waals surface area (Å²) < 4.78 is 48.3. The minimum Gasteiger partial charge on any atom is -0.350 e. The highest BCUT2D eigenvalue weighted by atomic mass is 35.5. The van der Waals surface area contributed by atoms with E-state index in [0.29, 0.717) is 10.9 Å². The summed E-state index contributed by atoms with van der Waals surface area (Å²) in [6.45, 7) is 2.62. The quantitative estimate of drug-likeness (QED) is 0.441. The number of carbonyl (C=O) groups is 2. The SMILES string of the molecule is CCOP(C)(=O)c1nn(CC(=O)N2C[C@H](F)C[C@H]2C(=O)NCc2cccc(Cl)c2F)c2cnccc12. The maximum atomic E-state index is 14.3. The van der Waals surface area contributed by atoms with Crippen molar-refractivity contribution in [2.45, 2.75) is 38.6 Å². The molecule has 1 aliphatic heterocycles. The number of likely N-dealkylation sites (tertiary alicyclic amines) is 1. The summed E-state index contributed by atoms with van der Waals surface area (Å²) >= 11 is 5.78. The molecule has 0 aliphatic carbocycles. The summed E-state index contributed by atoms with van der Waals surface area (Å²) in [6, 6.07) is 4.97. The lowest BCUT2D eigenvalue weighted by atomic mass is 10.1. The average molecular weight is 540 g/mol. The van der Waals surface area contributed by atoms with Gasteiger partial charge in [-0.1, -0.05) is 23.7 Å². The first-order valence-corrected chi connectivity index (χ1v) is 13.7. The molecule has 36 heavy (non-hydrogen) atoms. The van der Waals surface area contributed by atoms with Crippen molar-refractivity contribution in [3.63, 3.8) is 0 Å². The molecular weight excluding hydrogens is 515 g/mol. The van der Waals surface area contributed by atoms with E-state index in [1.165, 1.54) is 35.9 Å². The Labute approximate surface area is 211 Å². The first-order valence-electron chi connectivity index (χ1n) is 11.3. The number of rotatable bonds is 8. The van der Waals surface area contributed by atoms with Gasteiger partial charge in [0, 0.05) is 36.8 Å². The molecule has 1 saturated heterocycles. The number of nitrogens with one attached hydrogen (secondary N) is 1. The summed E-state index contributed by atoms with van der Waals surface area (Å²) in [6.07, 6.45) is 1.42. The van der Waals surface area contributed by atoms with Crippen LogP contribution in [0.1, 0.15) is 18.9 Å².